The number of benzene rings is 1. The number of nitrogens with one attached hydrogen (secondary N) is 1. The topological polar surface area (TPSA) is 72.0 Å². The van der Waals surface area contributed by atoms with E-state index in [1.807, 2.05) is 24.3 Å². The normalized spacial score (nSPS) is 10.5. The van der Waals surface area contributed by atoms with Crippen LogP contribution in [0.3, 0.4) is 0 Å². The van der Waals surface area contributed by atoms with Crippen LogP contribution >= 0.6 is 0 Å². The van der Waals surface area contributed by atoms with Crippen LogP contribution in [-0.2, 0) is 0 Å². The zero-order chi connectivity index (χ0) is 13.8. The van der Waals surface area contributed by atoms with Gasteiger partial charge in [0.2, 0.25) is 5.88 Å². The van der Waals surface area contributed by atoms with Crippen molar-refractivity contribution in [2.75, 3.05) is 0 Å². The Morgan fingerprint density at radius 1 is 1.21 bits per heavy atom. The number of aromatic nitrogens is 1. The van der Waals surface area contributed by atoms with Crippen LogP contribution in [0.4, 0.5) is 0 Å². The van der Waals surface area contributed by atoms with Crippen molar-refractivity contribution in [3.8, 4) is 11.6 Å². The van der Waals surface area contributed by atoms with Gasteiger partial charge in [-0.05, 0) is 23.6 Å². The lowest BCUT2D eigenvalue weighted by atomic mass is 10.0. The average Bonchev–Trinajstić information content (AvgIpc) is 2.39. The first-order valence-corrected chi connectivity index (χ1v) is 6.15. The van der Waals surface area contributed by atoms with Crippen LogP contribution in [0.5, 0.6) is 11.6 Å². The predicted molar refractivity (Wildman–Crippen MR) is 75.9 cm³/mol. The Morgan fingerprint density at radius 3 is 2.53 bits per heavy atom. The van der Waals surface area contributed by atoms with Gasteiger partial charge in [-0.3, -0.25) is 5.41 Å². The summed E-state index contributed by atoms with van der Waals surface area (Å²) < 4.78 is 5.78. The highest BCUT2D eigenvalue weighted by Crippen LogP contribution is 2.29. The van der Waals surface area contributed by atoms with Crippen molar-refractivity contribution in [2.24, 2.45) is 5.73 Å². The molecule has 4 heteroatoms. The molecule has 0 atom stereocenters. The smallest absolute Gasteiger partial charge is 0.219 e. The molecule has 0 radical (unpaired) electrons. The fourth-order valence-electron chi connectivity index (χ4n) is 1.76. The third-order valence-electron chi connectivity index (χ3n) is 2.80. The van der Waals surface area contributed by atoms with Crippen LogP contribution in [0.15, 0.2) is 42.6 Å². The van der Waals surface area contributed by atoms with Crippen LogP contribution in [0.2, 0.25) is 0 Å². The Kier molecular flexibility index (Phi) is 3.80. The predicted octanol–water partition coefficient (Wildman–Crippen LogP) is 3.28. The zero-order valence-corrected chi connectivity index (χ0v) is 11.1. The van der Waals surface area contributed by atoms with Crippen molar-refractivity contribution in [1.29, 1.82) is 5.41 Å². The van der Waals surface area contributed by atoms with E-state index in [1.165, 1.54) is 6.20 Å². The lowest BCUT2D eigenvalue weighted by molar-refractivity contribution is 0.454. The van der Waals surface area contributed by atoms with Gasteiger partial charge < -0.3 is 10.5 Å². The van der Waals surface area contributed by atoms with Crippen LogP contribution in [0.1, 0.15) is 30.9 Å². The van der Waals surface area contributed by atoms with Crippen molar-refractivity contribution in [3.63, 3.8) is 0 Å². The minimum absolute atomic E-state index is 0.00151. The number of hydrogen-bond acceptors (Lipinski definition) is 3. The van der Waals surface area contributed by atoms with E-state index in [0.717, 1.165) is 11.3 Å². The first kappa shape index (κ1) is 13.1. The quantitative estimate of drug-likeness (QED) is 0.650. The average molecular weight is 255 g/mol. The molecule has 0 spiro atoms. The maximum Gasteiger partial charge on any atom is 0.219 e. The van der Waals surface area contributed by atoms with Crippen LogP contribution in [-0.4, -0.2) is 10.8 Å². The van der Waals surface area contributed by atoms with Crippen molar-refractivity contribution in [3.05, 3.63) is 53.7 Å². The van der Waals surface area contributed by atoms with E-state index in [4.69, 9.17) is 15.9 Å². The molecule has 4 nitrogen and oxygen atoms in total. The van der Waals surface area contributed by atoms with Gasteiger partial charge >= 0.3 is 0 Å². The molecule has 0 saturated carbocycles. The summed E-state index contributed by atoms with van der Waals surface area (Å²) in [7, 11) is 0. The van der Waals surface area contributed by atoms with E-state index in [9.17, 15) is 0 Å². The number of nitrogens with zero attached hydrogens (tertiary/aromatic N) is 1. The lowest BCUT2D eigenvalue weighted by Crippen LogP contribution is -2.11. The summed E-state index contributed by atoms with van der Waals surface area (Å²) in [5, 5.41) is 7.31. The third-order valence-corrected chi connectivity index (χ3v) is 2.80. The Morgan fingerprint density at radius 2 is 1.95 bits per heavy atom. The van der Waals surface area contributed by atoms with E-state index < -0.39 is 0 Å². The first-order valence-electron chi connectivity index (χ1n) is 6.15. The Balaban J connectivity index is 2.24. The molecular weight excluding hydrogens is 238 g/mol. The number of rotatable bonds is 4. The number of nitrogens with two attached hydrogens (primary N) is 1. The van der Waals surface area contributed by atoms with Crippen molar-refractivity contribution < 1.29 is 4.74 Å². The first-order chi connectivity index (χ1) is 9.08. The van der Waals surface area contributed by atoms with E-state index in [1.54, 1.807) is 12.1 Å². The SMILES string of the molecule is CC(C)c1ccccc1Oc1ccc(C(=N)N)cn1. The van der Waals surface area contributed by atoms with E-state index >= 15 is 0 Å². The van der Waals surface area contributed by atoms with Crippen LogP contribution < -0.4 is 10.5 Å². The summed E-state index contributed by atoms with van der Waals surface area (Å²) in [5.74, 6) is 1.69. The number of ether oxygens (including phenoxy) is 1. The molecule has 1 aromatic carbocycles. The van der Waals surface area contributed by atoms with Gasteiger partial charge in [-0.1, -0.05) is 32.0 Å². The van der Waals surface area contributed by atoms with Crippen molar-refractivity contribution in [2.45, 2.75) is 19.8 Å². The minimum Gasteiger partial charge on any atom is -0.439 e. The molecule has 2 aromatic rings. The van der Waals surface area contributed by atoms with Gasteiger partial charge in [0.05, 0.1) is 0 Å². The van der Waals surface area contributed by atoms with Crippen LogP contribution in [0.25, 0.3) is 0 Å². The monoisotopic (exact) mass is 255 g/mol. The molecule has 0 aliphatic rings. The number of nitrogen functional groups attached to an aromatic ring is 1. The lowest BCUT2D eigenvalue weighted by Gasteiger charge is -2.12. The maximum absolute atomic E-state index is 7.31. The summed E-state index contributed by atoms with van der Waals surface area (Å²) >= 11 is 0. The maximum atomic E-state index is 7.31. The molecule has 1 heterocycles. The Labute approximate surface area is 112 Å². The summed E-state index contributed by atoms with van der Waals surface area (Å²) in [6, 6.07) is 11.3. The molecule has 0 unspecified atom stereocenters. The fraction of sp³-hybridized carbons (Fsp3) is 0.200. The molecule has 3 N–H and O–H groups in total. The molecule has 0 aliphatic heterocycles. The minimum atomic E-state index is 0.00151. The van der Waals surface area contributed by atoms with E-state index in [-0.39, 0.29) is 5.84 Å². The van der Waals surface area contributed by atoms with Gasteiger partial charge in [-0.2, -0.15) is 0 Å². The zero-order valence-electron chi connectivity index (χ0n) is 11.1. The molecule has 1 aromatic heterocycles. The van der Waals surface area contributed by atoms with Gasteiger partial charge in [0, 0.05) is 17.8 Å². The number of amidine groups is 1. The van der Waals surface area contributed by atoms with Crippen molar-refractivity contribution >= 4 is 5.84 Å². The van der Waals surface area contributed by atoms with Crippen LogP contribution in [0, 0.1) is 5.41 Å². The summed E-state index contributed by atoms with van der Waals surface area (Å²) in [6.07, 6.45) is 1.54. The molecule has 0 bridgehead atoms. The number of para-hydroxylation sites is 1. The van der Waals surface area contributed by atoms with Gasteiger partial charge in [-0.15, -0.1) is 0 Å². The van der Waals surface area contributed by atoms with E-state index in [0.29, 0.717) is 17.4 Å². The molecular formula is C15H17N3O. The highest BCUT2D eigenvalue weighted by atomic mass is 16.5. The van der Waals surface area contributed by atoms with E-state index in [2.05, 4.69) is 18.8 Å². The fourth-order valence-corrected chi connectivity index (χ4v) is 1.76. The third kappa shape index (κ3) is 3.10. The summed E-state index contributed by atoms with van der Waals surface area (Å²) in [4.78, 5) is 4.15. The summed E-state index contributed by atoms with van der Waals surface area (Å²) in [5.41, 5.74) is 7.11. The number of hydrogen-bond donors (Lipinski definition) is 2. The largest absolute Gasteiger partial charge is 0.439 e. The highest BCUT2D eigenvalue weighted by molar-refractivity contribution is 5.94. The second-order valence-corrected chi connectivity index (χ2v) is 4.59. The Bertz CT molecular complexity index is 576. The van der Waals surface area contributed by atoms with Gasteiger partial charge in [-0.25, -0.2) is 4.98 Å². The van der Waals surface area contributed by atoms with Gasteiger partial charge in [0.1, 0.15) is 11.6 Å². The molecule has 98 valence electrons. The molecule has 19 heavy (non-hydrogen) atoms. The van der Waals surface area contributed by atoms with Gasteiger partial charge in [0.15, 0.2) is 0 Å². The second kappa shape index (κ2) is 5.52. The molecule has 2 rings (SSSR count). The summed E-state index contributed by atoms with van der Waals surface area (Å²) in [6.45, 7) is 4.24. The highest BCUT2D eigenvalue weighted by Gasteiger charge is 2.08. The van der Waals surface area contributed by atoms with Gasteiger partial charge in [0.25, 0.3) is 0 Å². The molecule has 0 saturated heterocycles. The standard InChI is InChI=1S/C15H17N3O/c1-10(2)12-5-3-4-6-13(12)19-14-8-7-11(9-18-14)15(16)17/h3-10H,1-2H3,(H3,16,17). The second-order valence-electron chi connectivity index (χ2n) is 4.59. The Hall–Kier alpha value is -2.36. The molecule has 0 fully saturated rings. The number of pyridine rings is 1. The molecule has 0 aliphatic carbocycles. The molecule has 0 amide bonds. The van der Waals surface area contributed by atoms with Crippen molar-refractivity contribution in [1.82, 2.24) is 4.98 Å².